The maximum Gasteiger partial charge on any atom is 0.262 e. The van der Waals surface area contributed by atoms with Gasteiger partial charge >= 0.3 is 0 Å². The Labute approximate surface area is 131 Å². The summed E-state index contributed by atoms with van der Waals surface area (Å²) in [6.07, 6.45) is 0. The first-order valence-electron chi connectivity index (χ1n) is 5.99. The number of ether oxygens (including phenoxy) is 1. The smallest absolute Gasteiger partial charge is 0.262 e. The van der Waals surface area contributed by atoms with Crippen molar-refractivity contribution >= 4 is 39.1 Å². The molecule has 0 bridgehead atoms. The maximum absolute atomic E-state index is 11.8. The van der Waals surface area contributed by atoms with Gasteiger partial charge in [0.05, 0.1) is 4.47 Å². The van der Waals surface area contributed by atoms with Crippen LogP contribution in [0.2, 0.25) is 5.02 Å². The largest absolute Gasteiger partial charge is 0.483 e. The van der Waals surface area contributed by atoms with Gasteiger partial charge < -0.3 is 10.1 Å². The molecule has 0 aromatic heterocycles. The van der Waals surface area contributed by atoms with Crippen LogP contribution in [0, 0.1) is 6.92 Å². The lowest BCUT2D eigenvalue weighted by molar-refractivity contribution is -0.118. The lowest BCUT2D eigenvalue weighted by Gasteiger charge is -2.10. The lowest BCUT2D eigenvalue weighted by atomic mass is 10.2. The molecule has 3 nitrogen and oxygen atoms in total. The Morgan fingerprint density at radius 2 is 2.05 bits per heavy atom. The zero-order valence-electron chi connectivity index (χ0n) is 10.8. The summed E-state index contributed by atoms with van der Waals surface area (Å²) >= 11 is 9.23. The van der Waals surface area contributed by atoms with Gasteiger partial charge in [0.1, 0.15) is 5.75 Å². The Hall–Kier alpha value is -1.52. The number of nitrogens with one attached hydrogen (secondary N) is 1. The molecule has 0 saturated carbocycles. The molecule has 0 heterocycles. The van der Waals surface area contributed by atoms with Crippen molar-refractivity contribution in [3.8, 4) is 5.75 Å². The molecule has 0 saturated heterocycles. The number of rotatable bonds is 4. The Bertz CT molecular complexity index is 631. The topological polar surface area (TPSA) is 38.3 Å². The standard InChI is InChI=1S/C15H13BrClNO2/c1-10-8-11(17)6-7-13(10)18-15(19)9-20-14-5-3-2-4-12(14)16/h2-8H,9H2,1H3,(H,18,19). The lowest BCUT2D eigenvalue weighted by Crippen LogP contribution is -2.20. The summed E-state index contributed by atoms with van der Waals surface area (Å²) in [6.45, 7) is 1.83. The average Bonchev–Trinajstić information content (AvgIpc) is 2.41. The van der Waals surface area contributed by atoms with Gasteiger partial charge in [-0.2, -0.15) is 0 Å². The first-order chi connectivity index (χ1) is 9.56. The third-order valence-corrected chi connectivity index (χ3v) is 3.55. The minimum absolute atomic E-state index is 0.0509. The SMILES string of the molecule is Cc1cc(Cl)ccc1NC(=O)COc1ccccc1Br. The molecule has 104 valence electrons. The minimum atomic E-state index is -0.217. The second kappa shape index (κ2) is 6.77. The molecule has 0 fully saturated rings. The predicted molar refractivity (Wildman–Crippen MR) is 84.5 cm³/mol. The molecule has 0 aliphatic carbocycles. The van der Waals surface area contributed by atoms with E-state index in [0.717, 1.165) is 15.7 Å². The van der Waals surface area contributed by atoms with Gasteiger partial charge in [0.25, 0.3) is 5.91 Å². The summed E-state index contributed by atoms with van der Waals surface area (Å²) in [5.74, 6) is 0.418. The zero-order valence-corrected chi connectivity index (χ0v) is 13.2. The van der Waals surface area contributed by atoms with E-state index in [-0.39, 0.29) is 12.5 Å². The average molecular weight is 355 g/mol. The van der Waals surface area contributed by atoms with E-state index in [1.54, 1.807) is 24.3 Å². The zero-order chi connectivity index (χ0) is 14.5. The van der Waals surface area contributed by atoms with Crippen LogP contribution in [0.1, 0.15) is 5.56 Å². The normalized spacial score (nSPS) is 10.2. The fraction of sp³-hybridized carbons (Fsp3) is 0.133. The molecule has 0 aliphatic heterocycles. The van der Waals surface area contributed by atoms with Crippen molar-refractivity contribution in [2.24, 2.45) is 0 Å². The van der Waals surface area contributed by atoms with E-state index in [0.29, 0.717) is 10.8 Å². The third-order valence-electron chi connectivity index (χ3n) is 2.66. The number of aryl methyl sites for hydroxylation is 1. The van der Waals surface area contributed by atoms with Crippen molar-refractivity contribution < 1.29 is 9.53 Å². The number of amides is 1. The number of carbonyl (C=O) groups is 1. The van der Waals surface area contributed by atoms with Gasteiger partial charge in [-0.25, -0.2) is 0 Å². The molecule has 0 aliphatic rings. The van der Waals surface area contributed by atoms with Crippen molar-refractivity contribution in [1.82, 2.24) is 0 Å². The van der Waals surface area contributed by atoms with Gasteiger partial charge in [-0.1, -0.05) is 23.7 Å². The Morgan fingerprint density at radius 3 is 2.75 bits per heavy atom. The van der Waals surface area contributed by atoms with Crippen molar-refractivity contribution in [3.63, 3.8) is 0 Å². The fourth-order valence-electron chi connectivity index (χ4n) is 1.66. The van der Waals surface area contributed by atoms with Crippen molar-refractivity contribution in [2.45, 2.75) is 6.92 Å². The number of hydrogen-bond acceptors (Lipinski definition) is 2. The molecule has 2 rings (SSSR count). The monoisotopic (exact) mass is 353 g/mol. The van der Waals surface area contributed by atoms with E-state index >= 15 is 0 Å². The number of halogens is 2. The van der Waals surface area contributed by atoms with Crippen LogP contribution in [-0.2, 0) is 4.79 Å². The summed E-state index contributed by atoms with van der Waals surface area (Å²) in [5, 5.41) is 3.43. The van der Waals surface area contributed by atoms with Crippen LogP contribution in [0.25, 0.3) is 0 Å². The van der Waals surface area contributed by atoms with E-state index in [9.17, 15) is 4.79 Å². The van der Waals surface area contributed by atoms with E-state index in [1.807, 2.05) is 25.1 Å². The number of benzene rings is 2. The molecule has 0 atom stereocenters. The van der Waals surface area contributed by atoms with Crippen LogP contribution in [0.15, 0.2) is 46.9 Å². The molecule has 0 unspecified atom stereocenters. The summed E-state index contributed by atoms with van der Waals surface area (Å²) < 4.78 is 6.26. The summed E-state index contributed by atoms with van der Waals surface area (Å²) in [7, 11) is 0. The quantitative estimate of drug-likeness (QED) is 0.882. The highest BCUT2D eigenvalue weighted by Gasteiger charge is 2.07. The van der Waals surface area contributed by atoms with Crippen LogP contribution < -0.4 is 10.1 Å². The summed E-state index contributed by atoms with van der Waals surface area (Å²) in [5.41, 5.74) is 1.64. The second-order valence-electron chi connectivity index (χ2n) is 4.23. The highest BCUT2D eigenvalue weighted by molar-refractivity contribution is 9.10. The highest BCUT2D eigenvalue weighted by Crippen LogP contribution is 2.24. The molecular weight excluding hydrogens is 342 g/mol. The van der Waals surface area contributed by atoms with Gasteiger partial charge in [-0.15, -0.1) is 0 Å². The van der Waals surface area contributed by atoms with E-state index in [2.05, 4.69) is 21.2 Å². The summed E-state index contributed by atoms with van der Waals surface area (Å²) in [4.78, 5) is 11.8. The van der Waals surface area contributed by atoms with E-state index < -0.39 is 0 Å². The molecule has 0 spiro atoms. The van der Waals surface area contributed by atoms with Crippen molar-refractivity contribution in [2.75, 3.05) is 11.9 Å². The van der Waals surface area contributed by atoms with Crippen LogP contribution in [0.3, 0.4) is 0 Å². The summed E-state index contributed by atoms with van der Waals surface area (Å²) in [6, 6.07) is 12.7. The van der Waals surface area contributed by atoms with E-state index in [4.69, 9.17) is 16.3 Å². The highest BCUT2D eigenvalue weighted by atomic mass is 79.9. The molecule has 0 radical (unpaired) electrons. The van der Waals surface area contributed by atoms with Crippen LogP contribution in [-0.4, -0.2) is 12.5 Å². The Morgan fingerprint density at radius 1 is 1.30 bits per heavy atom. The van der Waals surface area contributed by atoms with E-state index in [1.165, 1.54) is 0 Å². The van der Waals surface area contributed by atoms with Crippen molar-refractivity contribution in [3.05, 3.63) is 57.5 Å². The number of carbonyl (C=O) groups excluding carboxylic acids is 1. The van der Waals surface area contributed by atoms with Gasteiger partial charge in [-0.3, -0.25) is 4.79 Å². The third kappa shape index (κ3) is 3.99. The van der Waals surface area contributed by atoms with Crippen LogP contribution in [0.4, 0.5) is 5.69 Å². The minimum Gasteiger partial charge on any atom is -0.483 e. The molecule has 5 heteroatoms. The Balaban J connectivity index is 1.94. The van der Waals surface area contributed by atoms with Crippen LogP contribution in [0.5, 0.6) is 5.75 Å². The molecule has 20 heavy (non-hydrogen) atoms. The molecule has 2 aromatic rings. The van der Waals surface area contributed by atoms with Gasteiger partial charge in [-0.05, 0) is 58.7 Å². The van der Waals surface area contributed by atoms with Crippen LogP contribution >= 0.6 is 27.5 Å². The van der Waals surface area contributed by atoms with Gasteiger partial charge in [0.2, 0.25) is 0 Å². The second-order valence-corrected chi connectivity index (χ2v) is 5.52. The number of para-hydroxylation sites is 1. The molecule has 1 amide bonds. The maximum atomic E-state index is 11.8. The number of hydrogen-bond donors (Lipinski definition) is 1. The molecular formula is C15H13BrClNO2. The molecule has 2 aromatic carbocycles. The van der Waals surface area contributed by atoms with Gasteiger partial charge in [0.15, 0.2) is 6.61 Å². The number of anilines is 1. The molecule has 1 N–H and O–H groups in total. The fourth-order valence-corrected chi connectivity index (χ4v) is 2.28. The van der Waals surface area contributed by atoms with Gasteiger partial charge in [0, 0.05) is 10.7 Å². The first kappa shape index (κ1) is 14.9. The first-order valence-corrected chi connectivity index (χ1v) is 7.16. The predicted octanol–water partition coefficient (Wildman–Crippen LogP) is 4.43. The Kier molecular flexibility index (Phi) is 5.04. The van der Waals surface area contributed by atoms with Crippen molar-refractivity contribution in [1.29, 1.82) is 0 Å².